The lowest BCUT2D eigenvalue weighted by Crippen LogP contribution is -2.04. The Morgan fingerprint density at radius 2 is 2.33 bits per heavy atom. The van der Waals surface area contributed by atoms with Gasteiger partial charge in [-0.2, -0.15) is 5.10 Å². The van der Waals surface area contributed by atoms with Crippen molar-refractivity contribution in [2.24, 2.45) is 7.05 Å². The second-order valence-corrected chi connectivity index (χ2v) is 2.30. The SMILES string of the molecule is CCc1cc(C(=O)O)n(C)n1.O. The Balaban J connectivity index is 0.00000121. The van der Waals surface area contributed by atoms with Gasteiger partial charge in [0.15, 0.2) is 0 Å². The first-order chi connectivity index (χ1) is 5.15. The molecule has 0 aliphatic carbocycles. The summed E-state index contributed by atoms with van der Waals surface area (Å²) >= 11 is 0. The molecule has 12 heavy (non-hydrogen) atoms. The Morgan fingerprint density at radius 3 is 2.58 bits per heavy atom. The predicted octanol–water partition coefficient (Wildman–Crippen LogP) is -0.144. The second kappa shape index (κ2) is 3.87. The van der Waals surface area contributed by atoms with E-state index in [1.165, 1.54) is 4.68 Å². The number of aryl methyl sites for hydroxylation is 2. The number of carbonyl (C=O) groups is 1. The van der Waals surface area contributed by atoms with Crippen molar-refractivity contribution in [3.8, 4) is 0 Å². The molecule has 0 unspecified atom stereocenters. The van der Waals surface area contributed by atoms with Crippen LogP contribution in [-0.2, 0) is 13.5 Å². The molecule has 5 nitrogen and oxygen atoms in total. The lowest BCUT2D eigenvalue weighted by Gasteiger charge is -1.91. The summed E-state index contributed by atoms with van der Waals surface area (Å²) in [5.74, 6) is -0.931. The monoisotopic (exact) mass is 172 g/mol. The van der Waals surface area contributed by atoms with Crippen LogP contribution >= 0.6 is 0 Å². The van der Waals surface area contributed by atoms with Gasteiger partial charge in [0.25, 0.3) is 0 Å². The van der Waals surface area contributed by atoms with Crippen molar-refractivity contribution < 1.29 is 15.4 Å². The largest absolute Gasteiger partial charge is 0.477 e. The van der Waals surface area contributed by atoms with Gasteiger partial charge in [-0.05, 0) is 12.5 Å². The average molecular weight is 172 g/mol. The van der Waals surface area contributed by atoms with Gasteiger partial charge in [0.2, 0.25) is 0 Å². The number of aromatic nitrogens is 2. The Hall–Kier alpha value is -1.36. The van der Waals surface area contributed by atoms with Crippen LogP contribution in [0.5, 0.6) is 0 Å². The standard InChI is InChI=1S/C7H10N2O2.H2O/c1-3-5-4-6(7(10)11)9(2)8-5;/h4H,3H2,1-2H3,(H,10,11);1H2. The van der Waals surface area contributed by atoms with Crippen LogP contribution in [0, 0.1) is 0 Å². The molecule has 1 heterocycles. The van der Waals surface area contributed by atoms with E-state index in [2.05, 4.69) is 5.10 Å². The van der Waals surface area contributed by atoms with Crippen LogP contribution in [0.2, 0.25) is 0 Å². The number of nitrogens with zero attached hydrogens (tertiary/aromatic N) is 2. The van der Waals surface area contributed by atoms with Crippen molar-refractivity contribution in [3.05, 3.63) is 17.5 Å². The summed E-state index contributed by atoms with van der Waals surface area (Å²) in [6.07, 6.45) is 0.765. The zero-order valence-electron chi connectivity index (χ0n) is 7.03. The molecule has 0 saturated heterocycles. The van der Waals surface area contributed by atoms with Crippen LogP contribution < -0.4 is 0 Å². The van der Waals surface area contributed by atoms with E-state index in [9.17, 15) is 4.79 Å². The van der Waals surface area contributed by atoms with Crippen molar-refractivity contribution in [1.29, 1.82) is 0 Å². The van der Waals surface area contributed by atoms with Crippen LogP contribution in [0.15, 0.2) is 6.07 Å². The molecule has 1 rings (SSSR count). The Morgan fingerprint density at radius 1 is 1.75 bits per heavy atom. The van der Waals surface area contributed by atoms with Gasteiger partial charge < -0.3 is 10.6 Å². The molecule has 0 aliphatic rings. The first kappa shape index (κ1) is 10.6. The summed E-state index contributed by atoms with van der Waals surface area (Å²) in [5.41, 5.74) is 1.05. The summed E-state index contributed by atoms with van der Waals surface area (Å²) in [7, 11) is 1.63. The minimum absolute atomic E-state index is 0. The first-order valence-electron chi connectivity index (χ1n) is 3.41. The molecule has 0 fully saturated rings. The van der Waals surface area contributed by atoms with E-state index < -0.39 is 5.97 Å². The molecule has 0 atom stereocenters. The highest BCUT2D eigenvalue weighted by Crippen LogP contribution is 2.02. The van der Waals surface area contributed by atoms with Gasteiger partial charge in [-0.3, -0.25) is 4.68 Å². The van der Waals surface area contributed by atoms with Gasteiger partial charge in [0.1, 0.15) is 5.69 Å². The third kappa shape index (κ3) is 1.82. The van der Waals surface area contributed by atoms with Gasteiger partial charge in [-0.15, -0.1) is 0 Å². The molecule has 1 aromatic rings. The van der Waals surface area contributed by atoms with Crippen molar-refractivity contribution in [2.75, 3.05) is 0 Å². The molecule has 0 radical (unpaired) electrons. The number of rotatable bonds is 2. The minimum Gasteiger partial charge on any atom is -0.477 e. The van der Waals surface area contributed by atoms with E-state index in [4.69, 9.17) is 5.11 Å². The molecular formula is C7H12N2O3. The van der Waals surface area contributed by atoms with Crippen LogP contribution in [0.25, 0.3) is 0 Å². The van der Waals surface area contributed by atoms with Gasteiger partial charge in [-0.1, -0.05) is 6.92 Å². The maximum atomic E-state index is 10.5. The number of aromatic carboxylic acids is 1. The molecule has 0 spiro atoms. The maximum absolute atomic E-state index is 10.5. The lowest BCUT2D eigenvalue weighted by atomic mass is 10.3. The third-order valence-corrected chi connectivity index (χ3v) is 1.51. The minimum atomic E-state index is -0.931. The van der Waals surface area contributed by atoms with E-state index in [1.807, 2.05) is 6.92 Å². The highest BCUT2D eigenvalue weighted by atomic mass is 16.4. The van der Waals surface area contributed by atoms with Crippen LogP contribution in [-0.4, -0.2) is 26.3 Å². The van der Waals surface area contributed by atoms with Crippen molar-refractivity contribution in [3.63, 3.8) is 0 Å². The molecule has 0 amide bonds. The predicted molar refractivity (Wildman–Crippen MR) is 43.2 cm³/mol. The van der Waals surface area contributed by atoms with Crippen LogP contribution in [0.3, 0.4) is 0 Å². The second-order valence-electron chi connectivity index (χ2n) is 2.30. The fourth-order valence-corrected chi connectivity index (χ4v) is 0.900. The third-order valence-electron chi connectivity index (χ3n) is 1.51. The number of hydrogen-bond donors (Lipinski definition) is 1. The maximum Gasteiger partial charge on any atom is 0.354 e. The summed E-state index contributed by atoms with van der Waals surface area (Å²) in [4.78, 5) is 10.5. The highest BCUT2D eigenvalue weighted by molar-refractivity contribution is 5.85. The summed E-state index contributed by atoms with van der Waals surface area (Å²) in [5, 5.41) is 12.6. The molecular weight excluding hydrogens is 160 g/mol. The summed E-state index contributed by atoms with van der Waals surface area (Å²) in [6, 6.07) is 1.59. The quantitative estimate of drug-likeness (QED) is 0.673. The zero-order valence-corrected chi connectivity index (χ0v) is 7.03. The molecule has 0 bridgehead atoms. The average Bonchev–Trinajstić information content (AvgIpc) is 2.30. The fraction of sp³-hybridized carbons (Fsp3) is 0.429. The number of hydrogen-bond acceptors (Lipinski definition) is 2. The van der Waals surface area contributed by atoms with Gasteiger partial charge in [0.05, 0.1) is 5.69 Å². The van der Waals surface area contributed by atoms with Gasteiger partial charge >= 0.3 is 5.97 Å². The van der Waals surface area contributed by atoms with Crippen molar-refractivity contribution in [2.45, 2.75) is 13.3 Å². The fourth-order valence-electron chi connectivity index (χ4n) is 0.900. The molecule has 5 heteroatoms. The lowest BCUT2D eigenvalue weighted by molar-refractivity contribution is 0.0685. The zero-order chi connectivity index (χ0) is 8.43. The van der Waals surface area contributed by atoms with Crippen LogP contribution in [0.1, 0.15) is 23.1 Å². The van der Waals surface area contributed by atoms with Crippen molar-refractivity contribution in [1.82, 2.24) is 9.78 Å². The van der Waals surface area contributed by atoms with E-state index >= 15 is 0 Å². The Bertz CT molecular complexity index is 280. The summed E-state index contributed by atoms with van der Waals surface area (Å²) < 4.78 is 1.38. The van der Waals surface area contributed by atoms with E-state index in [1.54, 1.807) is 13.1 Å². The molecule has 0 aromatic carbocycles. The Labute approximate surface area is 69.9 Å². The smallest absolute Gasteiger partial charge is 0.354 e. The Kier molecular flexibility index (Phi) is 3.43. The topological polar surface area (TPSA) is 86.6 Å². The normalized spacial score (nSPS) is 9.17. The van der Waals surface area contributed by atoms with E-state index in [0.29, 0.717) is 0 Å². The van der Waals surface area contributed by atoms with E-state index in [0.717, 1.165) is 12.1 Å². The molecule has 0 aliphatic heterocycles. The number of carboxylic acids is 1. The molecule has 3 N–H and O–H groups in total. The number of carboxylic acid groups (broad SMARTS) is 1. The van der Waals surface area contributed by atoms with Crippen molar-refractivity contribution >= 4 is 5.97 Å². The molecule has 68 valence electrons. The van der Waals surface area contributed by atoms with Gasteiger partial charge in [0, 0.05) is 7.05 Å². The highest BCUT2D eigenvalue weighted by Gasteiger charge is 2.09. The molecule has 0 saturated carbocycles. The van der Waals surface area contributed by atoms with Crippen LogP contribution in [0.4, 0.5) is 0 Å². The van der Waals surface area contributed by atoms with Gasteiger partial charge in [-0.25, -0.2) is 4.79 Å². The van der Waals surface area contributed by atoms with E-state index in [-0.39, 0.29) is 11.2 Å². The molecule has 1 aromatic heterocycles. The summed E-state index contributed by atoms with van der Waals surface area (Å²) in [6.45, 7) is 1.94. The first-order valence-corrected chi connectivity index (χ1v) is 3.41.